The Hall–Kier alpha value is -1.38. The first-order chi connectivity index (χ1) is 10.2. The summed E-state index contributed by atoms with van der Waals surface area (Å²) in [6, 6.07) is 15.5. The van der Waals surface area contributed by atoms with Crippen LogP contribution in [0.1, 0.15) is 26.3 Å². The van der Waals surface area contributed by atoms with Gasteiger partial charge in [-0.05, 0) is 42.6 Å². The molecule has 2 heteroatoms. The Morgan fingerprint density at radius 2 is 1.76 bits per heavy atom. The Bertz CT molecular complexity index is 559. The van der Waals surface area contributed by atoms with Gasteiger partial charge in [0.15, 0.2) is 0 Å². The van der Waals surface area contributed by atoms with Crippen molar-refractivity contribution in [3.8, 4) is 0 Å². The van der Waals surface area contributed by atoms with Gasteiger partial charge in [0.2, 0.25) is 0 Å². The summed E-state index contributed by atoms with van der Waals surface area (Å²) in [5.41, 5.74) is 1.39. The molecular weight excluding hydrogens is 258 g/mol. The summed E-state index contributed by atoms with van der Waals surface area (Å²) >= 11 is 0. The van der Waals surface area contributed by atoms with Crippen molar-refractivity contribution in [3.63, 3.8) is 0 Å². The smallest absolute Gasteiger partial charge is 0.0753 e. The molecule has 0 saturated carbocycles. The molecule has 0 bridgehead atoms. The number of hydrogen-bond donors (Lipinski definition) is 1. The Labute approximate surface area is 128 Å². The molecule has 2 unspecified atom stereocenters. The van der Waals surface area contributed by atoms with Gasteiger partial charge < -0.3 is 10.1 Å². The highest BCUT2D eigenvalue weighted by Gasteiger charge is 2.24. The maximum atomic E-state index is 5.98. The van der Waals surface area contributed by atoms with Crippen LogP contribution in [0, 0.1) is 5.92 Å². The van der Waals surface area contributed by atoms with E-state index in [1.807, 2.05) is 7.05 Å². The highest BCUT2D eigenvalue weighted by Crippen LogP contribution is 2.22. The molecule has 21 heavy (non-hydrogen) atoms. The third-order valence-electron chi connectivity index (χ3n) is 4.10. The lowest BCUT2D eigenvalue weighted by Crippen LogP contribution is -2.44. The van der Waals surface area contributed by atoms with Gasteiger partial charge in [-0.3, -0.25) is 0 Å². The molecule has 2 rings (SSSR count). The van der Waals surface area contributed by atoms with Gasteiger partial charge in [0.1, 0.15) is 0 Å². The van der Waals surface area contributed by atoms with Gasteiger partial charge in [0.05, 0.1) is 6.10 Å². The minimum atomic E-state index is 0.235. The molecular formula is C19H27NO. The minimum absolute atomic E-state index is 0.235. The summed E-state index contributed by atoms with van der Waals surface area (Å²) < 4.78 is 5.98. The molecule has 2 aromatic rings. The molecule has 2 nitrogen and oxygen atoms in total. The molecule has 2 atom stereocenters. The van der Waals surface area contributed by atoms with Crippen molar-refractivity contribution < 1.29 is 4.74 Å². The van der Waals surface area contributed by atoms with E-state index in [0.717, 1.165) is 13.0 Å². The maximum absolute atomic E-state index is 5.98. The lowest BCUT2D eigenvalue weighted by molar-refractivity contribution is 0.00542. The van der Waals surface area contributed by atoms with Crippen LogP contribution in [0.25, 0.3) is 10.8 Å². The molecule has 114 valence electrons. The summed E-state index contributed by atoms with van der Waals surface area (Å²) in [6.45, 7) is 7.29. The van der Waals surface area contributed by atoms with Crippen LogP contribution in [0.5, 0.6) is 0 Å². The fraction of sp³-hybridized carbons (Fsp3) is 0.474. The van der Waals surface area contributed by atoms with Crippen LogP contribution in [0.2, 0.25) is 0 Å². The molecule has 0 spiro atoms. The normalized spacial score (nSPS) is 14.5. The van der Waals surface area contributed by atoms with Gasteiger partial charge in [-0.2, -0.15) is 0 Å². The van der Waals surface area contributed by atoms with Gasteiger partial charge in [0.25, 0.3) is 0 Å². The van der Waals surface area contributed by atoms with E-state index in [1.54, 1.807) is 0 Å². The zero-order valence-electron chi connectivity index (χ0n) is 13.6. The Kier molecular flexibility index (Phi) is 5.77. The molecule has 0 heterocycles. The van der Waals surface area contributed by atoms with Crippen LogP contribution >= 0.6 is 0 Å². The summed E-state index contributed by atoms with van der Waals surface area (Å²) in [6.07, 6.45) is 1.22. The van der Waals surface area contributed by atoms with Crippen LogP contribution < -0.4 is 5.32 Å². The predicted octanol–water partition coefficient (Wildman–Crippen LogP) is 4.03. The van der Waals surface area contributed by atoms with Crippen molar-refractivity contribution in [2.75, 3.05) is 13.7 Å². The average Bonchev–Trinajstić information content (AvgIpc) is 2.50. The lowest BCUT2D eigenvalue weighted by atomic mass is 9.91. The van der Waals surface area contributed by atoms with E-state index < -0.39 is 0 Å². The van der Waals surface area contributed by atoms with Gasteiger partial charge in [-0.15, -0.1) is 0 Å². The molecule has 0 aliphatic heterocycles. The number of ether oxygens (including phenoxy) is 1. The Morgan fingerprint density at radius 1 is 1.05 bits per heavy atom. The van der Waals surface area contributed by atoms with Gasteiger partial charge in [-0.1, -0.05) is 56.3 Å². The second kappa shape index (κ2) is 7.58. The number of fused-ring (bicyclic) bond motifs is 1. The van der Waals surface area contributed by atoms with Crippen molar-refractivity contribution in [3.05, 3.63) is 48.0 Å². The van der Waals surface area contributed by atoms with Crippen molar-refractivity contribution in [2.45, 2.75) is 39.3 Å². The topological polar surface area (TPSA) is 21.3 Å². The molecule has 0 saturated heterocycles. The Morgan fingerprint density at radius 3 is 2.43 bits per heavy atom. The first-order valence-electron chi connectivity index (χ1n) is 7.92. The third-order valence-corrected chi connectivity index (χ3v) is 4.10. The van der Waals surface area contributed by atoms with Crippen LogP contribution in [-0.2, 0) is 11.2 Å². The second-order valence-electron chi connectivity index (χ2n) is 5.90. The van der Waals surface area contributed by atoms with Crippen molar-refractivity contribution in [2.24, 2.45) is 5.92 Å². The van der Waals surface area contributed by atoms with E-state index in [2.05, 4.69) is 68.6 Å². The molecule has 0 radical (unpaired) electrons. The quantitative estimate of drug-likeness (QED) is 0.829. The van der Waals surface area contributed by atoms with Gasteiger partial charge >= 0.3 is 0 Å². The number of benzene rings is 2. The van der Waals surface area contributed by atoms with E-state index in [1.165, 1.54) is 16.3 Å². The fourth-order valence-electron chi connectivity index (χ4n) is 3.06. The van der Waals surface area contributed by atoms with Gasteiger partial charge in [-0.25, -0.2) is 0 Å². The third kappa shape index (κ3) is 3.84. The predicted molar refractivity (Wildman–Crippen MR) is 90.8 cm³/mol. The van der Waals surface area contributed by atoms with Crippen molar-refractivity contribution in [1.29, 1.82) is 0 Å². The largest absolute Gasteiger partial charge is 0.377 e. The Balaban J connectivity index is 2.27. The van der Waals surface area contributed by atoms with Crippen LogP contribution in [0.3, 0.4) is 0 Å². The maximum Gasteiger partial charge on any atom is 0.0753 e. The standard InChI is InChI=1S/C19H27NO/c1-5-21-19(14(2)3)18(20-4)13-16-11-8-10-15-9-6-7-12-17(15)16/h6-12,14,18-20H,5,13H2,1-4H3. The van der Waals surface area contributed by atoms with E-state index in [4.69, 9.17) is 4.74 Å². The van der Waals surface area contributed by atoms with Gasteiger partial charge in [0, 0.05) is 12.6 Å². The number of likely N-dealkylation sites (N-methyl/N-ethyl adjacent to an activating group) is 1. The number of nitrogens with one attached hydrogen (secondary N) is 1. The van der Waals surface area contributed by atoms with E-state index in [9.17, 15) is 0 Å². The molecule has 0 aliphatic rings. The first kappa shape index (κ1) is 16.0. The highest BCUT2D eigenvalue weighted by molar-refractivity contribution is 5.85. The molecule has 1 N–H and O–H groups in total. The zero-order chi connectivity index (χ0) is 15.2. The molecule has 0 amide bonds. The average molecular weight is 285 g/mol. The molecule has 0 aromatic heterocycles. The van der Waals surface area contributed by atoms with Crippen molar-refractivity contribution in [1.82, 2.24) is 5.32 Å². The summed E-state index contributed by atoms with van der Waals surface area (Å²) in [7, 11) is 2.03. The second-order valence-corrected chi connectivity index (χ2v) is 5.90. The first-order valence-corrected chi connectivity index (χ1v) is 7.92. The lowest BCUT2D eigenvalue weighted by Gasteiger charge is -2.30. The van der Waals surface area contributed by atoms with Crippen molar-refractivity contribution >= 4 is 10.8 Å². The fourth-order valence-corrected chi connectivity index (χ4v) is 3.06. The van der Waals surface area contributed by atoms with Crippen LogP contribution in [0.4, 0.5) is 0 Å². The molecule has 2 aromatic carbocycles. The number of rotatable bonds is 7. The summed E-state index contributed by atoms with van der Waals surface area (Å²) in [5.74, 6) is 0.498. The minimum Gasteiger partial charge on any atom is -0.377 e. The van der Waals surface area contributed by atoms with Crippen LogP contribution in [0.15, 0.2) is 42.5 Å². The number of hydrogen-bond acceptors (Lipinski definition) is 2. The highest BCUT2D eigenvalue weighted by atomic mass is 16.5. The van der Waals surface area contributed by atoms with E-state index in [0.29, 0.717) is 12.0 Å². The van der Waals surface area contributed by atoms with E-state index >= 15 is 0 Å². The zero-order valence-corrected chi connectivity index (χ0v) is 13.6. The molecule has 0 aliphatic carbocycles. The summed E-state index contributed by atoms with van der Waals surface area (Å²) in [5, 5.41) is 6.11. The van der Waals surface area contributed by atoms with E-state index in [-0.39, 0.29) is 6.10 Å². The monoisotopic (exact) mass is 285 g/mol. The summed E-state index contributed by atoms with van der Waals surface area (Å²) in [4.78, 5) is 0. The SMILES string of the molecule is CCOC(C(C)C)C(Cc1cccc2ccccc12)NC. The van der Waals surface area contributed by atoms with Crippen LogP contribution in [-0.4, -0.2) is 25.8 Å². The molecule has 0 fully saturated rings.